The summed E-state index contributed by atoms with van der Waals surface area (Å²) in [5.74, 6) is 0.493. The highest BCUT2D eigenvalue weighted by molar-refractivity contribution is 5.58. The van der Waals surface area contributed by atoms with E-state index in [-0.39, 0.29) is 36.6 Å². The number of halogens is 1. The van der Waals surface area contributed by atoms with Crippen LogP contribution in [-0.4, -0.2) is 17.8 Å². The lowest BCUT2D eigenvalue weighted by Crippen LogP contribution is -2.40. The summed E-state index contributed by atoms with van der Waals surface area (Å²) < 4.78 is 19.7. The van der Waals surface area contributed by atoms with E-state index >= 15 is 0 Å². The Hall–Kier alpha value is -1.91. The maximum atomic E-state index is 13.4. The molecular formula is C22H26FNO2. The second-order valence-corrected chi connectivity index (χ2v) is 7.78. The number of aliphatic hydroxyl groups excluding tert-OH is 1. The van der Waals surface area contributed by atoms with Gasteiger partial charge in [-0.15, -0.1) is 0 Å². The van der Waals surface area contributed by atoms with Gasteiger partial charge in [0, 0.05) is 17.2 Å². The van der Waals surface area contributed by atoms with E-state index in [4.69, 9.17) is 4.74 Å². The molecule has 4 heteroatoms. The molecule has 26 heavy (non-hydrogen) atoms. The van der Waals surface area contributed by atoms with Gasteiger partial charge in [-0.25, -0.2) is 4.39 Å². The molecule has 0 spiro atoms. The number of anilines is 1. The zero-order chi connectivity index (χ0) is 18.3. The molecule has 0 radical (unpaired) electrons. The van der Waals surface area contributed by atoms with Gasteiger partial charge >= 0.3 is 0 Å². The highest BCUT2D eigenvalue weighted by Gasteiger charge is 2.42. The molecule has 2 aliphatic heterocycles. The van der Waals surface area contributed by atoms with E-state index in [0.717, 1.165) is 24.1 Å². The van der Waals surface area contributed by atoms with Crippen LogP contribution < -0.4 is 5.32 Å². The van der Waals surface area contributed by atoms with Crippen LogP contribution in [0.4, 0.5) is 10.1 Å². The van der Waals surface area contributed by atoms with Crippen LogP contribution in [0.1, 0.15) is 61.4 Å². The molecule has 3 nitrogen and oxygen atoms in total. The van der Waals surface area contributed by atoms with Crippen LogP contribution in [0.2, 0.25) is 0 Å². The van der Waals surface area contributed by atoms with E-state index in [9.17, 15) is 9.50 Å². The maximum absolute atomic E-state index is 13.4. The highest BCUT2D eigenvalue weighted by Crippen LogP contribution is 2.50. The first-order chi connectivity index (χ1) is 12.6. The standard InChI is InChI=1S/C22H26FNO2/c1-13(2)15-5-10-20-19(11-15)22-18(9-8-17(12-25)26-22)21(24-20)14-3-6-16(23)7-4-14/h3-7,10-11,13,17-18,21-22,24-25H,8-9,12H2,1-2H3/t17-,18+,21+,22+/m1/s1. The molecule has 2 N–H and O–H groups in total. The summed E-state index contributed by atoms with van der Waals surface area (Å²) in [7, 11) is 0. The molecule has 138 valence electrons. The van der Waals surface area contributed by atoms with E-state index in [0.29, 0.717) is 5.92 Å². The first-order valence-corrected chi connectivity index (χ1v) is 9.49. The number of hydrogen-bond donors (Lipinski definition) is 2. The summed E-state index contributed by atoms with van der Waals surface area (Å²) >= 11 is 0. The van der Waals surface area contributed by atoms with Crippen molar-refractivity contribution in [1.82, 2.24) is 0 Å². The van der Waals surface area contributed by atoms with Crippen LogP contribution in [0, 0.1) is 11.7 Å². The molecule has 0 saturated carbocycles. The highest BCUT2D eigenvalue weighted by atomic mass is 19.1. The molecule has 2 aromatic rings. The number of ether oxygens (including phenoxy) is 1. The monoisotopic (exact) mass is 355 g/mol. The van der Waals surface area contributed by atoms with E-state index in [1.165, 1.54) is 23.3 Å². The normalized spacial score (nSPS) is 27.6. The number of hydrogen-bond acceptors (Lipinski definition) is 3. The number of benzene rings is 2. The Morgan fingerprint density at radius 2 is 1.92 bits per heavy atom. The summed E-state index contributed by atoms with van der Waals surface area (Å²) in [5.41, 5.74) is 4.62. The van der Waals surface area contributed by atoms with Gasteiger partial charge in [-0.3, -0.25) is 0 Å². The fourth-order valence-electron chi connectivity index (χ4n) is 4.27. The number of aliphatic hydroxyl groups is 1. The minimum Gasteiger partial charge on any atom is -0.394 e. The minimum atomic E-state index is -0.219. The molecule has 0 aromatic heterocycles. The van der Waals surface area contributed by atoms with Gasteiger partial charge in [0.2, 0.25) is 0 Å². The van der Waals surface area contributed by atoms with Crippen molar-refractivity contribution in [2.45, 2.75) is 50.9 Å². The predicted molar refractivity (Wildman–Crippen MR) is 101 cm³/mol. The zero-order valence-electron chi connectivity index (χ0n) is 15.3. The molecule has 1 saturated heterocycles. The SMILES string of the molecule is CC(C)c1ccc2c(c1)[C@H]1O[C@@H](CO)CC[C@H]1[C@H](c1ccc(F)cc1)N2. The smallest absolute Gasteiger partial charge is 0.123 e. The largest absolute Gasteiger partial charge is 0.394 e. The summed E-state index contributed by atoms with van der Waals surface area (Å²) in [4.78, 5) is 0. The van der Waals surface area contributed by atoms with Crippen molar-refractivity contribution in [3.63, 3.8) is 0 Å². The van der Waals surface area contributed by atoms with Crippen molar-refractivity contribution in [2.75, 3.05) is 11.9 Å². The molecule has 0 aliphatic carbocycles. The van der Waals surface area contributed by atoms with Gasteiger partial charge in [0.05, 0.1) is 24.9 Å². The van der Waals surface area contributed by atoms with Gasteiger partial charge in [-0.1, -0.05) is 38.1 Å². The number of nitrogens with one attached hydrogen (secondary N) is 1. The fourth-order valence-corrected chi connectivity index (χ4v) is 4.27. The van der Waals surface area contributed by atoms with Crippen molar-refractivity contribution >= 4 is 5.69 Å². The molecule has 1 fully saturated rings. The number of fused-ring (bicyclic) bond motifs is 3. The summed E-state index contributed by atoms with van der Waals surface area (Å²) in [6, 6.07) is 13.4. The maximum Gasteiger partial charge on any atom is 0.123 e. The van der Waals surface area contributed by atoms with Crippen molar-refractivity contribution in [3.8, 4) is 0 Å². The van der Waals surface area contributed by atoms with Gasteiger partial charge in [-0.05, 0) is 48.1 Å². The predicted octanol–water partition coefficient (Wildman–Crippen LogP) is 4.94. The summed E-state index contributed by atoms with van der Waals surface area (Å²) in [6.45, 7) is 4.43. The lowest BCUT2D eigenvalue weighted by Gasteiger charge is -2.45. The topological polar surface area (TPSA) is 41.5 Å². The van der Waals surface area contributed by atoms with Crippen LogP contribution in [0.3, 0.4) is 0 Å². The number of rotatable bonds is 3. The molecule has 0 amide bonds. The Balaban J connectivity index is 1.75. The van der Waals surface area contributed by atoms with E-state index in [1.54, 1.807) is 0 Å². The first-order valence-electron chi connectivity index (χ1n) is 9.49. The third kappa shape index (κ3) is 3.12. The van der Waals surface area contributed by atoms with E-state index < -0.39 is 0 Å². The lowest BCUT2D eigenvalue weighted by molar-refractivity contribution is -0.110. The second kappa shape index (κ2) is 7.01. The Kier molecular flexibility index (Phi) is 4.72. The Morgan fingerprint density at radius 3 is 2.62 bits per heavy atom. The van der Waals surface area contributed by atoms with Crippen LogP contribution in [0.5, 0.6) is 0 Å². The van der Waals surface area contributed by atoms with E-state index in [2.05, 4.69) is 37.4 Å². The van der Waals surface area contributed by atoms with Gasteiger partial charge in [-0.2, -0.15) is 0 Å². The average Bonchev–Trinajstić information content (AvgIpc) is 2.67. The van der Waals surface area contributed by atoms with Crippen LogP contribution in [0.25, 0.3) is 0 Å². The van der Waals surface area contributed by atoms with Crippen molar-refractivity contribution < 1.29 is 14.2 Å². The lowest BCUT2D eigenvalue weighted by atomic mass is 9.76. The average molecular weight is 355 g/mol. The third-order valence-electron chi connectivity index (χ3n) is 5.77. The Morgan fingerprint density at radius 1 is 1.15 bits per heavy atom. The minimum absolute atomic E-state index is 0.0501. The van der Waals surface area contributed by atoms with Crippen molar-refractivity contribution in [3.05, 3.63) is 65.0 Å². The molecule has 2 aliphatic rings. The molecule has 0 bridgehead atoms. The van der Waals surface area contributed by atoms with Crippen LogP contribution in [0.15, 0.2) is 42.5 Å². The Labute approximate surface area is 154 Å². The second-order valence-electron chi connectivity index (χ2n) is 7.78. The fraction of sp³-hybridized carbons (Fsp3) is 0.455. The zero-order valence-corrected chi connectivity index (χ0v) is 15.3. The van der Waals surface area contributed by atoms with E-state index in [1.807, 2.05) is 12.1 Å². The van der Waals surface area contributed by atoms with Crippen molar-refractivity contribution in [2.24, 2.45) is 5.92 Å². The Bertz CT molecular complexity index is 774. The van der Waals surface area contributed by atoms with Gasteiger partial charge < -0.3 is 15.2 Å². The molecule has 0 unspecified atom stereocenters. The molecule has 4 atom stereocenters. The molecular weight excluding hydrogens is 329 g/mol. The van der Waals surface area contributed by atoms with Crippen LogP contribution >= 0.6 is 0 Å². The van der Waals surface area contributed by atoms with Crippen LogP contribution in [-0.2, 0) is 4.74 Å². The molecule has 2 aromatic carbocycles. The summed E-state index contributed by atoms with van der Waals surface area (Å²) in [5, 5.41) is 13.3. The van der Waals surface area contributed by atoms with Gasteiger partial charge in [0.25, 0.3) is 0 Å². The van der Waals surface area contributed by atoms with Gasteiger partial charge in [0.15, 0.2) is 0 Å². The van der Waals surface area contributed by atoms with Crippen molar-refractivity contribution in [1.29, 1.82) is 0 Å². The summed E-state index contributed by atoms with van der Waals surface area (Å²) in [6.07, 6.45) is 1.65. The molecule has 2 heterocycles. The first kappa shape index (κ1) is 17.5. The third-order valence-corrected chi connectivity index (χ3v) is 5.77. The quantitative estimate of drug-likeness (QED) is 0.819. The van der Waals surface area contributed by atoms with Gasteiger partial charge in [0.1, 0.15) is 5.82 Å². The molecule has 4 rings (SSSR count).